The van der Waals surface area contributed by atoms with Gasteiger partial charge in [0, 0.05) is 36.2 Å². The maximum Gasteiger partial charge on any atom is 0.260 e. The molecule has 7 heteroatoms. The molecule has 1 fully saturated rings. The lowest BCUT2D eigenvalue weighted by Crippen LogP contribution is -2.39. The summed E-state index contributed by atoms with van der Waals surface area (Å²) in [5.74, 6) is -0.00280. The van der Waals surface area contributed by atoms with Crippen LogP contribution < -0.4 is 4.90 Å². The Balaban J connectivity index is 1.58. The Bertz CT molecular complexity index is 990. The second-order valence-electron chi connectivity index (χ2n) is 7.67. The molecule has 158 valence electrons. The number of nitrogens with zero attached hydrogens (tertiary/aromatic N) is 3. The van der Waals surface area contributed by atoms with E-state index >= 15 is 0 Å². The van der Waals surface area contributed by atoms with Crippen molar-refractivity contribution in [1.82, 2.24) is 9.88 Å². The minimum atomic E-state index is -0.00280. The van der Waals surface area contributed by atoms with Gasteiger partial charge in [-0.05, 0) is 67.8 Å². The highest BCUT2D eigenvalue weighted by Crippen LogP contribution is 2.32. The molecule has 1 aromatic heterocycles. The summed E-state index contributed by atoms with van der Waals surface area (Å²) in [5.41, 5.74) is 4.10. The zero-order valence-electron chi connectivity index (χ0n) is 17.4. The van der Waals surface area contributed by atoms with Gasteiger partial charge in [0.1, 0.15) is 0 Å². The van der Waals surface area contributed by atoms with Crippen LogP contribution in [0.5, 0.6) is 0 Å². The number of carbonyl (C=O) groups excluding carboxylic acids is 1. The van der Waals surface area contributed by atoms with Gasteiger partial charge in [0.05, 0.1) is 23.4 Å². The second kappa shape index (κ2) is 9.56. The third kappa shape index (κ3) is 4.91. The molecule has 0 N–H and O–H groups in total. The van der Waals surface area contributed by atoms with Crippen molar-refractivity contribution in [3.63, 3.8) is 0 Å². The molecule has 0 bridgehead atoms. The van der Waals surface area contributed by atoms with E-state index < -0.39 is 0 Å². The highest BCUT2D eigenvalue weighted by molar-refractivity contribution is 9.10. The van der Waals surface area contributed by atoms with Crippen LogP contribution in [0.4, 0.5) is 5.13 Å². The van der Waals surface area contributed by atoms with Gasteiger partial charge in [-0.25, -0.2) is 4.98 Å². The maximum atomic E-state index is 13.4. The lowest BCUT2D eigenvalue weighted by Gasteiger charge is -2.27. The van der Waals surface area contributed by atoms with E-state index in [9.17, 15) is 4.79 Å². The molecule has 1 amide bonds. The number of ether oxygens (including phenoxy) is 1. The van der Waals surface area contributed by atoms with E-state index in [4.69, 9.17) is 9.72 Å². The Morgan fingerprint density at radius 3 is 2.60 bits per heavy atom. The van der Waals surface area contributed by atoms with E-state index in [-0.39, 0.29) is 5.91 Å². The van der Waals surface area contributed by atoms with Gasteiger partial charge in [0.15, 0.2) is 5.13 Å². The highest BCUT2D eigenvalue weighted by atomic mass is 79.9. The van der Waals surface area contributed by atoms with E-state index in [1.807, 2.05) is 29.2 Å². The number of carbonyl (C=O) groups is 1. The maximum absolute atomic E-state index is 13.4. The van der Waals surface area contributed by atoms with Gasteiger partial charge in [0.25, 0.3) is 5.91 Å². The number of aryl methyl sites for hydroxylation is 2. The number of amides is 1. The lowest BCUT2D eigenvalue weighted by molar-refractivity contribution is 0.0376. The number of thiazole rings is 1. The molecule has 5 nitrogen and oxygen atoms in total. The van der Waals surface area contributed by atoms with Crippen LogP contribution in [0.3, 0.4) is 0 Å². The number of morpholine rings is 1. The first-order chi connectivity index (χ1) is 14.5. The minimum absolute atomic E-state index is 0.00280. The molecule has 1 aliphatic rings. The molecule has 0 aliphatic carbocycles. The van der Waals surface area contributed by atoms with Crippen LogP contribution in [-0.2, 0) is 4.74 Å². The smallest absolute Gasteiger partial charge is 0.260 e. The highest BCUT2D eigenvalue weighted by Gasteiger charge is 2.22. The van der Waals surface area contributed by atoms with Crippen molar-refractivity contribution in [2.24, 2.45) is 0 Å². The molecule has 3 aromatic rings. The van der Waals surface area contributed by atoms with Crippen LogP contribution >= 0.6 is 27.3 Å². The predicted octanol–water partition coefficient (Wildman–Crippen LogP) is 5.04. The third-order valence-electron chi connectivity index (χ3n) is 5.52. The first-order valence-electron chi connectivity index (χ1n) is 10.3. The van der Waals surface area contributed by atoms with Crippen molar-refractivity contribution in [1.29, 1.82) is 0 Å². The summed E-state index contributed by atoms with van der Waals surface area (Å²) in [5, 5.41) is 0.768. The summed E-state index contributed by atoms with van der Waals surface area (Å²) < 4.78 is 7.52. The quantitative estimate of drug-likeness (QED) is 0.488. The van der Waals surface area contributed by atoms with Gasteiger partial charge in [-0.3, -0.25) is 14.6 Å². The van der Waals surface area contributed by atoms with E-state index in [0.29, 0.717) is 12.1 Å². The summed E-state index contributed by atoms with van der Waals surface area (Å²) in [6.45, 7) is 9.31. The number of anilines is 1. The molecule has 0 radical (unpaired) electrons. The summed E-state index contributed by atoms with van der Waals surface area (Å²) in [6.07, 6.45) is 0.899. The number of hydrogen-bond donors (Lipinski definition) is 0. The number of aromatic nitrogens is 1. The molecule has 1 aliphatic heterocycles. The van der Waals surface area contributed by atoms with Crippen molar-refractivity contribution in [3.8, 4) is 0 Å². The second-order valence-corrected chi connectivity index (χ2v) is 9.60. The van der Waals surface area contributed by atoms with E-state index in [1.54, 1.807) is 11.3 Å². The van der Waals surface area contributed by atoms with Gasteiger partial charge in [-0.1, -0.05) is 27.3 Å². The van der Waals surface area contributed by atoms with Crippen LogP contribution in [0.1, 0.15) is 27.9 Å². The molecule has 30 heavy (non-hydrogen) atoms. The SMILES string of the molecule is Cc1cc2nc(N(CCCN3CCOCC3)C(=O)c3ccc(Br)cc3)sc2cc1C. The topological polar surface area (TPSA) is 45.7 Å². The number of fused-ring (bicyclic) bond motifs is 1. The largest absolute Gasteiger partial charge is 0.379 e. The van der Waals surface area contributed by atoms with E-state index in [2.05, 4.69) is 46.8 Å². The first kappa shape index (κ1) is 21.4. The van der Waals surface area contributed by atoms with Gasteiger partial charge in [-0.15, -0.1) is 0 Å². The molecule has 1 saturated heterocycles. The van der Waals surface area contributed by atoms with Crippen molar-refractivity contribution in [2.45, 2.75) is 20.3 Å². The zero-order chi connectivity index (χ0) is 21.1. The van der Waals surface area contributed by atoms with E-state index in [0.717, 1.165) is 59.1 Å². The minimum Gasteiger partial charge on any atom is -0.379 e. The van der Waals surface area contributed by atoms with Crippen LogP contribution in [-0.4, -0.2) is 55.2 Å². The molecular formula is C23H26BrN3O2S. The number of benzene rings is 2. The van der Waals surface area contributed by atoms with Crippen LogP contribution in [0.25, 0.3) is 10.2 Å². The van der Waals surface area contributed by atoms with Crippen molar-refractivity contribution in [3.05, 3.63) is 57.6 Å². The monoisotopic (exact) mass is 487 g/mol. The van der Waals surface area contributed by atoms with Crippen LogP contribution in [0.2, 0.25) is 0 Å². The summed E-state index contributed by atoms with van der Waals surface area (Å²) in [7, 11) is 0. The van der Waals surface area contributed by atoms with Crippen molar-refractivity contribution in [2.75, 3.05) is 44.3 Å². The van der Waals surface area contributed by atoms with Crippen molar-refractivity contribution < 1.29 is 9.53 Å². The predicted molar refractivity (Wildman–Crippen MR) is 127 cm³/mol. The summed E-state index contributed by atoms with van der Waals surface area (Å²) >= 11 is 5.04. The normalized spacial score (nSPS) is 14.9. The van der Waals surface area contributed by atoms with Gasteiger partial charge in [0.2, 0.25) is 0 Å². The van der Waals surface area contributed by atoms with Gasteiger partial charge in [-0.2, -0.15) is 0 Å². The Hall–Kier alpha value is -1.80. The Kier molecular flexibility index (Phi) is 6.83. The fourth-order valence-corrected chi connectivity index (χ4v) is 4.93. The van der Waals surface area contributed by atoms with Gasteiger partial charge >= 0.3 is 0 Å². The zero-order valence-corrected chi connectivity index (χ0v) is 19.8. The molecule has 2 heterocycles. The van der Waals surface area contributed by atoms with Gasteiger partial charge < -0.3 is 4.74 Å². The molecule has 0 unspecified atom stereocenters. The summed E-state index contributed by atoms with van der Waals surface area (Å²) in [4.78, 5) is 22.5. The molecular weight excluding hydrogens is 462 g/mol. The Labute approximate surface area is 189 Å². The lowest BCUT2D eigenvalue weighted by atomic mass is 10.1. The number of hydrogen-bond acceptors (Lipinski definition) is 5. The van der Waals surface area contributed by atoms with Crippen LogP contribution in [0.15, 0.2) is 40.9 Å². The standard InChI is InChI=1S/C23H26BrN3O2S/c1-16-14-20-21(15-17(16)2)30-23(25-20)27(9-3-8-26-10-12-29-13-11-26)22(28)18-4-6-19(24)7-5-18/h4-7,14-15H,3,8-13H2,1-2H3. The Morgan fingerprint density at radius 2 is 1.87 bits per heavy atom. The average Bonchev–Trinajstić information content (AvgIpc) is 3.14. The fourth-order valence-electron chi connectivity index (χ4n) is 3.59. The fraction of sp³-hybridized carbons (Fsp3) is 0.391. The molecule has 4 rings (SSSR count). The number of rotatable bonds is 6. The molecule has 0 spiro atoms. The van der Waals surface area contributed by atoms with E-state index in [1.165, 1.54) is 11.1 Å². The molecule has 2 aromatic carbocycles. The molecule has 0 saturated carbocycles. The van der Waals surface area contributed by atoms with Crippen LogP contribution in [0, 0.1) is 13.8 Å². The molecule has 0 atom stereocenters. The summed E-state index contributed by atoms with van der Waals surface area (Å²) in [6, 6.07) is 11.8. The third-order valence-corrected chi connectivity index (χ3v) is 7.09. The Morgan fingerprint density at radius 1 is 1.17 bits per heavy atom. The number of halogens is 1. The van der Waals surface area contributed by atoms with Crippen molar-refractivity contribution >= 4 is 48.5 Å². The first-order valence-corrected chi connectivity index (χ1v) is 11.9. The average molecular weight is 488 g/mol.